The zero-order valence-corrected chi connectivity index (χ0v) is 18.0. The van der Waals surface area contributed by atoms with Crippen molar-refractivity contribution in [3.63, 3.8) is 0 Å². The smallest absolute Gasteiger partial charge is 0.192 e. The maximum absolute atomic E-state index is 11.2. The fourth-order valence-corrected chi connectivity index (χ4v) is 4.32. The number of hydrogen-bond acceptors (Lipinski definition) is 3. The lowest BCUT2D eigenvalue weighted by molar-refractivity contribution is -0.103. The minimum absolute atomic E-state index is 0.513. The summed E-state index contributed by atoms with van der Waals surface area (Å²) in [5.41, 5.74) is 4.55. The van der Waals surface area contributed by atoms with E-state index in [4.69, 9.17) is 11.6 Å². The van der Waals surface area contributed by atoms with Gasteiger partial charge in [-0.25, -0.2) is 0 Å². The van der Waals surface area contributed by atoms with Crippen LogP contribution in [0.2, 0.25) is 5.02 Å². The summed E-state index contributed by atoms with van der Waals surface area (Å²) in [6, 6.07) is 24.1. The second kappa shape index (κ2) is 9.39. The van der Waals surface area contributed by atoms with Gasteiger partial charge < -0.3 is 10.0 Å². The van der Waals surface area contributed by atoms with E-state index in [1.165, 1.54) is 0 Å². The van der Waals surface area contributed by atoms with Crippen LogP contribution in [0.3, 0.4) is 0 Å². The fourth-order valence-electron chi connectivity index (χ4n) is 4.19. The molecule has 0 spiro atoms. The van der Waals surface area contributed by atoms with Gasteiger partial charge in [-0.1, -0.05) is 66.1 Å². The molecule has 1 fully saturated rings. The Hall–Kier alpha value is -3.06. The highest BCUT2D eigenvalue weighted by Crippen LogP contribution is 2.36. The number of hydrogen-bond donors (Lipinski definition) is 1. The molecule has 3 aromatic rings. The lowest BCUT2D eigenvalue weighted by atomic mass is 9.84. The number of nitrogens with zero attached hydrogens (tertiary/aromatic N) is 1. The van der Waals surface area contributed by atoms with Crippen LogP contribution >= 0.6 is 11.6 Å². The first-order chi connectivity index (χ1) is 15.1. The van der Waals surface area contributed by atoms with Gasteiger partial charge in [0.15, 0.2) is 6.29 Å². The van der Waals surface area contributed by atoms with E-state index >= 15 is 0 Å². The maximum atomic E-state index is 11.2. The zero-order chi connectivity index (χ0) is 21.7. The van der Waals surface area contributed by atoms with Gasteiger partial charge in [0.25, 0.3) is 0 Å². The molecule has 156 valence electrons. The summed E-state index contributed by atoms with van der Waals surface area (Å²) in [5, 5.41) is 11.8. The molecule has 0 amide bonds. The van der Waals surface area contributed by atoms with Gasteiger partial charge in [0, 0.05) is 30.2 Å². The molecule has 1 N–H and O–H groups in total. The normalized spacial score (nSPS) is 15.1. The van der Waals surface area contributed by atoms with Crippen molar-refractivity contribution < 1.29 is 9.90 Å². The molecule has 3 aromatic carbocycles. The maximum Gasteiger partial charge on any atom is 0.192 e. The third kappa shape index (κ3) is 4.82. The van der Waals surface area contributed by atoms with Gasteiger partial charge in [0.05, 0.1) is 5.60 Å². The Labute approximate surface area is 188 Å². The van der Waals surface area contributed by atoms with Crippen LogP contribution in [-0.4, -0.2) is 24.5 Å². The lowest BCUT2D eigenvalue weighted by Crippen LogP contribution is -2.42. The Morgan fingerprint density at radius 2 is 1.71 bits per heavy atom. The third-order valence-electron chi connectivity index (χ3n) is 5.95. The van der Waals surface area contributed by atoms with Crippen molar-refractivity contribution in [2.24, 2.45) is 0 Å². The zero-order valence-electron chi connectivity index (χ0n) is 17.2. The predicted octanol–water partition coefficient (Wildman–Crippen LogP) is 5.24. The predicted molar refractivity (Wildman–Crippen MR) is 126 cm³/mol. The number of aliphatic hydroxyl groups is 1. The van der Waals surface area contributed by atoms with Gasteiger partial charge in [-0.05, 0) is 65.3 Å². The van der Waals surface area contributed by atoms with Crippen LogP contribution in [-0.2, 0) is 16.8 Å². The van der Waals surface area contributed by atoms with E-state index < -0.39 is 5.60 Å². The second-order valence-electron chi connectivity index (χ2n) is 7.85. The van der Waals surface area contributed by atoms with Crippen molar-refractivity contribution in [3.05, 3.63) is 88.9 Å². The summed E-state index contributed by atoms with van der Waals surface area (Å²) >= 11 is 6.00. The molecule has 1 saturated heterocycles. The quantitative estimate of drug-likeness (QED) is 0.455. The van der Waals surface area contributed by atoms with Crippen LogP contribution in [0.25, 0.3) is 11.1 Å². The molecule has 0 aromatic heterocycles. The summed E-state index contributed by atoms with van der Waals surface area (Å²) in [4.78, 5) is 12.9. The van der Waals surface area contributed by atoms with Gasteiger partial charge >= 0.3 is 0 Å². The fraction of sp³-hybridized carbons (Fsp3) is 0.222. The van der Waals surface area contributed by atoms with Crippen molar-refractivity contribution in [3.8, 4) is 23.0 Å². The Morgan fingerprint density at radius 3 is 2.39 bits per heavy atom. The first-order valence-electron chi connectivity index (χ1n) is 10.4. The molecule has 3 nitrogen and oxygen atoms in total. The molecule has 0 bridgehead atoms. The Morgan fingerprint density at radius 1 is 1.00 bits per heavy atom. The van der Waals surface area contributed by atoms with Crippen LogP contribution < -0.4 is 4.90 Å². The van der Waals surface area contributed by atoms with Crippen molar-refractivity contribution in [1.82, 2.24) is 0 Å². The molecule has 0 aliphatic carbocycles. The highest BCUT2D eigenvalue weighted by molar-refractivity contribution is 6.30. The van der Waals surface area contributed by atoms with Gasteiger partial charge in [0.2, 0.25) is 0 Å². The van der Waals surface area contributed by atoms with Crippen LogP contribution in [0, 0.1) is 11.8 Å². The molecule has 1 aliphatic rings. The number of rotatable bonds is 4. The summed E-state index contributed by atoms with van der Waals surface area (Å²) < 4.78 is 0. The van der Waals surface area contributed by atoms with E-state index in [9.17, 15) is 9.90 Å². The number of carbonyl (C=O) groups is 1. The van der Waals surface area contributed by atoms with Crippen LogP contribution in [0.4, 0.5) is 5.69 Å². The van der Waals surface area contributed by atoms with Crippen LogP contribution in [0.1, 0.15) is 24.0 Å². The van der Waals surface area contributed by atoms with E-state index in [1.54, 1.807) is 0 Å². The van der Waals surface area contributed by atoms with Gasteiger partial charge in [-0.15, -0.1) is 0 Å². The van der Waals surface area contributed by atoms with E-state index in [0.717, 1.165) is 41.0 Å². The highest BCUT2D eigenvalue weighted by atomic mass is 35.5. The first-order valence-corrected chi connectivity index (χ1v) is 10.8. The number of anilines is 1. The van der Waals surface area contributed by atoms with Crippen LogP contribution in [0.5, 0.6) is 0 Å². The van der Waals surface area contributed by atoms with E-state index in [1.807, 2.05) is 42.5 Å². The molecule has 4 rings (SSSR count). The molecular formula is C27H24ClNO2. The minimum atomic E-state index is -0.830. The summed E-state index contributed by atoms with van der Waals surface area (Å²) in [5.74, 6) is 5.46. The molecule has 31 heavy (non-hydrogen) atoms. The topological polar surface area (TPSA) is 40.5 Å². The first kappa shape index (κ1) is 21.2. The van der Waals surface area contributed by atoms with Gasteiger partial charge in [-0.2, -0.15) is 0 Å². The third-order valence-corrected chi connectivity index (χ3v) is 6.20. The van der Waals surface area contributed by atoms with Crippen molar-refractivity contribution in [2.45, 2.75) is 24.9 Å². The number of piperidine rings is 1. The van der Waals surface area contributed by atoms with E-state index in [2.05, 4.69) is 47.1 Å². The van der Waals surface area contributed by atoms with Crippen LogP contribution in [0.15, 0.2) is 72.8 Å². The Kier molecular flexibility index (Phi) is 6.42. The van der Waals surface area contributed by atoms with Crippen molar-refractivity contribution in [2.75, 3.05) is 18.0 Å². The largest absolute Gasteiger partial charge is 0.385 e. The number of halogens is 1. The molecule has 0 unspecified atom stereocenters. The van der Waals surface area contributed by atoms with Crippen molar-refractivity contribution in [1.29, 1.82) is 0 Å². The van der Waals surface area contributed by atoms with E-state index in [-0.39, 0.29) is 0 Å². The number of aldehydes is 1. The minimum Gasteiger partial charge on any atom is -0.385 e. The molecule has 0 saturated carbocycles. The molecular weight excluding hydrogens is 406 g/mol. The molecule has 0 atom stereocenters. The summed E-state index contributed by atoms with van der Waals surface area (Å²) in [6.07, 6.45) is 2.44. The monoisotopic (exact) mass is 429 g/mol. The number of carbonyl (C=O) groups excluding carboxylic acids is 1. The average molecular weight is 430 g/mol. The molecule has 1 aliphatic heterocycles. The Balaban J connectivity index is 1.56. The summed E-state index contributed by atoms with van der Waals surface area (Å²) in [6.45, 7) is 1.51. The highest BCUT2D eigenvalue weighted by Gasteiger charge is 2.34. The molecule has 4 heteroatoms. The average Bonchev–Trinajstić information content (AvgIpc) is 2.81. The second-order valence-corrected chi connectivity index (χ2v) is 8.29. The van der Waals surface area contributed by atoms with Crippen molar-refractivity contribution >= 4 is 23.6 Å². The lowest BCUT2D eigenvalue weighted by Gasteiger charge is -2.40. The Bertz CT molecular complexity index is 1110. The standard InChI is InChI=1S/C27H24ClNO2/c28-24-11-9-23(10-12-24)27(31)15-17-29(18-16-27)25-13-14-26(21-6-2-1-3-7-21)22(20-25)8-4-5-19-30/h1-3,6-7,9-14,19-20,31H,8,15-18H2. The van der Waals surface area contributed by atoms with Gasteiger partial charge in [0.1, 0.15) is 0 Å². The molecule has 0 radical (unpaired) electrons. The SMILES string of the molecule is O=CC#CCc1cc(N2CCC(O)(c3ccc(Cl)cc3)CC2)ccc1-c1ccccc1. The molecule has 1 heterocycles. The summed E-state index contributed by atoms with van der Waals surface area (Å²) in [7, 11) is 0. The number of benzene rings is 3. The van der Waals surface area contributed by atoms with E-state index in [0.29, 0.717) is 30.6 Å². The van der Waals surface area contributed by atoms with Gasteiger partial charge in [-0.3, -0.25) is 4.79 Å².